The van der Waals surface area contributed by atoms with Crippen molar-refractivity contribution in [3.8, 4) is 11.1 Å². The summed E-state index contributed by atoms with van der Waals surface area (Å²) in [5, 5.41) is 5.16. The van der Waals surface area contributed by atoms with Crippen molar-refractivity contribution in [2.24, 2.45) is 0 Å². The second-order valence-electron chi connectivity index (χ2n) is 15.7. The third kappa shape index (κ3) is 5.69. The Hall–Kier alpha value is -7.22. The van der Waals surface area contributed by atoms with E-state index in [1.54, 1.807) is 0 Å². The summed E-state index contributed by atoms with van der Waals surface area (Å²) in [5.41, 5.74) is 17.5. The minimum Gasteiger partial charge on any atom is -0.310 e. The molecule has 0 aliphatic heterocycles. The van der Waals surface area contributed by atoms with Crippen molar-refractivity contribution in [3.63, 3.8) is 0 Å². The van der Waals surface area contributed by atoms with Gasteiger partial charge in [0.2, 0.25) is 0 Å². The Balaban J connectivity index is 1.28. The van der Waals surface area contributed by atoms with Gasteiger partial charge in [-0.2, -0.15) is 0 Å². The van der Waals surface area contributed by atoms with E-state index in [2.05, 4.69) is 213 Å². The molecule has 0 saturated carbocycles. The first-order valence-electron chi connectivity index (χ1n) is 20.6. The first kappa shape index (κ1) is 36.1. The monoisotopic (exact) mass is 755 g/mol. The molecule has 0 unspecified atom stereocenters. The minimum atomic E-state index is -0.591. The first-order valence-corrected chi connectivity index (χ1v) is 20.6. The maximum absolute atomic E-state index is 5.11. The molecule has 0 atom stereocenters. The van der Waals surface area contributed by atoms with Crippen LogP contribution in [0.3, 0.4) is 0 Å². The zero-order valence-electron chi connectivity index (χ0n) is 33.6. The predicted molar refractivity (Wildman–Crippen MR) is 252 cm³/mol. The molecule has 0 radical (unpaired) electrons. The minimum absolute atomic E-state index is 0.591. The lowest BCUT2D eigenvalue weighted by Crippen LogP contribution is -2.35. The Labute approximate surface area is 347 Å². The van der Waals surface area contributed by atoms with Crippen molar-refractivity contribution in [2.45, 2.75) is 25.7 Å². The second kappa shape index (κ2) is 14.6. The number of nitrogens with zero attached hydrogens (tertiary/aromatic N) is 1. The van der Waals surface area contributed by atoms with Gasteiger partial charge in [-0.3, -0.25) is 0 Å². The van der Waals surface area contributed by atoms with Crippen molar-refractivity contribution in [2.75, 3.05) is 4.90 Å². The number of benzene rings is 8. The Bertz CT molecular complexity index is 2980. The number of hydrogen-bond donors (Lipinski definition) is 0. The maximum atomic E-state index is 5.11. The number of aryl methyl sites for hydroxylation is 1. The molecule has 0 N–H and O–H groups in total. The van der Waals surface area contributed by atoms with E-state index in [1.807, 2.05) is 12.2 Å². The lowest BCUT2D eigenvalue weighted by Gasteiger charge is -2.42. The molecular formula is C58H45N. The van der Waals surface area contributed by atoms with Crippen LogP contribution in [0.1, 0.15) is 51.4 Å². The van der Waals surface area contributed by atoms with Gasteiger partial charge in [0.15, 0.2) is 0 Å². The van der Waals surface area contributed by atoms with Crippen LogP contribution < -0.4 is 4.90 Å². The fraction of sp³-hybridized carbons (Fsp3) is 0.0690. The number of hydrogen-bond acceptors (Lipinski definition) is 1. The summed E-state index contributed by atoms with van der Waals surface area (Å²) in [4.78, 5) is 2.36. The summed E-state index contributed by atoms with van der Waals surface area (Å²) in [5.74, 6) is 0. The molecule has 1 heteroatoms. The SMILES string of the molecule is C=C/C=C\c1cc(N(C(=C)C2=C(/C=C\C)C3(c4ccccc42)c2ccc4ccccc4c2Cc2c3ccc3ccccc23)c2ccc(-c3ccccc3)cc2)ccc1C. The molecule has 2 aliphatic carbocycles. The zero-order chi connectivity index (χ0) is 40.1. The highest BCUT2D eigenvalue weighted by Gasteiger charge is 2.51. The van der Waals surface area contributed by atoms with Crippen LogP contribution in [-0.2, 0) is 11.8 Å². The largest absolute Gasteiger partial charge is 0.310 e. The molecule has 8 aromatic carbocycles. The number of rotatable bonds is 8. The van der Waals surface area contributed by atoms with E-state index < -0.39 is 5.41 Å². The molecule has 0 bridgehead atoms. The van der Waals surface area contributed by atoms with E-state index in [-0.39, 0.29) is 0 Å². The van der Waals surface area contributed by atoms with Crippen LogP contribution in [0.25, 0.3) is 44.3 Å². The topological polar surface area (TPSA) is 3.24 Å². The van der Waals surface area contributed by atoms with Crippen LogP contribution in [0.5, 0.6) is 0 Å². The number of fused-ring (bicyclic) bond motifs is 10. The summed E-state index contributed by atoms with van der Waals surface area (Å²) in [6, 6.07) is 62.6. The van der Waals surface area contributed by atoms with Crippen LogP contribution in [0, 0.1) is 6.92 Å². The molecule has 1 nitrogen and oxygen atoms in total. The second-order valence-corrected chi connectivity index (χ2v) is 15.7. The van der Waals surface area contributed by atoms with Crippen LogP contribution in [0.15, 0.2) is 219 Å². The van der Waals surface area contributed by atoms with E-state index in [4.69, 9.17) is 6.58 Å². The molecule has 1 spiro atoms. The third-order valence-corrected chi connectivity index (χ3v) is 12.6. The molecule has 0 fully saturated rings. The molecule has 0 amide bonds. The molecule has 282 valence electrons. The third-order valence-electron chi connectivity index (χ3n) is 12.6. The standard InChI is InChI=1S/C58H45N/c1-5-7-18-45-37-47(32-27-39(45)3)59(46-33-28-42(29-34-46)41-19-9-8-10-20-41)40(4)57-50-25-15-16-26-53(50)58(56(57)17-6-2)54-35-30-43-21-11-13-23-48(43)51(54)38-52-49-24-14-12-22-44(49)31-36-55(52)58/h5-37H,1,4,38H2,2-3H3/b17-6-,18-7-. The van der Waals surface area contributed by atoms with Crippen LogP contribution in [0.4, 0.5) is 11.4 Å². The van der Waals surface area contributed by atoms with Gasteiger partial charge in [0.25, 0.3) is 0 Å². The zero-order valence-corrected chi connectivity index (χ0v) is 33.6. The molecule has 10 rings (SSSR count). The summed E-state index contributed by atoms with van der Waals surface area (Å²) in [6.45, 7) is 13.4. The quantitative estimate of drug-likeness (QED) is 0.140. The van der Waals surface area contributed by atoms with Crippen molar-refractivity contribution in [3.05, 3.63) is 263 Å². The lowest BCUT2D eigenvalue weighted by molar-refractivity contribution is 0.722. The highest BCUT2D eigenvalue weighted by molar-refractivity contribution is 6.02. The van der Waals surface area contributed by atoms with Gasteiger partial charge in [0.1, 0.15) is 0 Å². The molecule has 2 aliphatic rings. The average molecular weight is 756 g/mol. The Morgan fingerprint density at radius 3 is 1.85 bits per heavy atom. The molecule has 8 aromatic rings. The molecule has 0 heterocycles. The summed E-state index contributed by atoms with van der Waals surface area (Å²) in [6.07, 6.45) is 11.4. The fourth-order valence-corrected chi connectivity index (χ4v) is 9.97. The van der Waals surface area contributed by atoms with Gasteiger partial charge in [-0.15, -0.1) is 0 Å². The first-order chi connectivity index (χ1) is 29.0. The smallest absolute Gasteiger partial charge is 0.0720 e. The normalized spacial score (nSPS) is 13.9. The van der Waals surface area contributed by atoms with E-state index in [0.717, 1.165) is 34.6 Å². The van der Waals surface area contributed by atoms with Crippen molar-refractivity contribution >= 4 is 44.6 Å². The van der Waals surface area contributed by atoms with Gasteiger partial charge >= 0.3 is 0 Å². The highest BCUT2D eigenvalue weighted by atomic mass is 15.1. The average Bonchev–Trinajstić information content (AvgIpc) is 3.56. The predicted octanol–water partition coefficient (Wildman–Crippen LogP) is 15.1. The Kier molecular flexibility index (Phi) is 8.96. The number of allylic oxidation sites excluding steroid dienone is 6. The van der Waals surface area contributed by atoms with Gasteiger partial charge < -0.3 is 4.90 Å². The fourth-order valence-electron chi connectivity index (χ4n) is 9.97. The van der Waals surface area contributed by atoms with Crippen LogP contribution in [0.2, 0.25) is 0 Å². The van der Waals surface area contributed by atoms with Gasteiger partial charge in [0, 0.05) is 22.6 Å². The van der Waals surface area contributed by atoms with Gasteiger partial charge in [-0.05, 0) is 127 Å². The van der Waals surface area contributed by atoms with Crippen LogP contribution >= 0.6 is 0 Å². The Morgan fingerprint density at radius 1 is 0.593 bits per heavy atom. The van der Waals surface area contributed by atoms with Crippen molar-refractivity contribution in [1.82, 2.24) is 0 Å². The molecular weight excluding hydrogens is 711 g/mol. The van der Waals surface area contributed by atoms with Gasteiger partial charge in [-0.1, -0.05) is 189 Å². The maximum Gasteiger partial charge on any atom is 0.0720 e. The molecule has 0 aromatic heterocycles. The van der Waals surface area contributed by atoms with Crippen molar-refractivity contribution < 1.29 is 0 Å². The van der Waals surface area contributed by atoms with E-state index >= 15 is 0 Å². The van der Waals surface area contributed by atoms with E-state index in [0.29, 0.717) is 0 Å². The highest BCUT2D eigenvalue weighted by Crippen LogP contribution is 2.61. The van der Waals surface area contributed by atoms with Gasteiger partial charge in [-0.25, -0.2) is 0 Å². The summed E-state index contributed by atoms with van der Waals surface area (Å²) >= 11 is 0. The molecule has 0 saturated heterocycles. The molecule has 59 heavy (non-hydrogen) atoms. The van der Waals surface area contributed by atoms with E-state index in [1.165, 1.54) is 77.2 Å². The van der Waals surface area contributed by atoms with Crippen molar-refractivity contribution in [1.29, 1.82) is 0 Å². The van der Waals surface area contributed by atoms with Crippen LogP contribution in [-0.4, -0.2) is 0 Å². The number of anilines is 2. The Morgan fingerprint density at radius 2 is 1.19 bits per heavy atom. The summed E-state index contributed by atoms with van der Waals surface area (Å²) < 4.78 is 0. The van der Waals surface area contributed by atoms with Gasteiger partial charge in [0.05, 0.1) is 5.41 Å². The summed E-state index contributed by atoms with van der Waals surface area (Å²) in [7, 11) is 0. The lowest BCUT2D eigenvalue weighted by atomic mass is 9.60. The van der Waals surface area contributed by atoms with E-state index in [9.17, 15) is 0 Å².